The number of rotatable bonds is 4. The number of nitrogens with zero attached hydrogens (tertiary/aromatic N) is 2. The normalized spacial score (nSPS) is 12.9. The summed E-state index contributed by atoms with van der Waals surface area (Å²) in [6.45, 7) is 3.03. The number of aryl methyl sites for hydroxylation is 1. The van der Waals surface area contributed by atoms with Crippen molar-refractivity contribution in [3.05, 3.63) is 40.3 Å². The molecule has 15 heavy (non-hydrogen) atoms. The van der Waals surface area contributed by atoms with Gasteiger partial charge in [0.25, 0.3) is 0 Å². The van der Waals surface area contributed by atoms with E-state index < -0.39 is 0 Å². The second kappa shape index (κ2) is 4.59. The minimum Gasteiger partial charge on any atom is -0.305 e. The average Bonchev–Trinajstić information content (AvgIpc) is 2.85. The first-order chi connectivity index (χ1) is 7.27. The Bertz CT molecular complexity index is 405. The van der Waals surface area contributed by atoms with Gasteiger partial charge in [-0.1, -0.05) is 0 Å². The number of hydrogen-bond donors (Lipinski definition) is 1. The third kappa shape index (κ3) is 2.46. The van der Waals surface area contributed by atoms with Gasteiger partial charge in [0, 0.05) is 25.8 Å². The second-order valence-electron chi connectivity index (χ2n) is 3.61. The summed E-state index contributed by atoms with van der Waals surface area (Å²) < 4.78 is 1.90. The summed E-state index contributed by atoms with van der Waals surface area (Å²) in [5, 5.41) is 11.9. The number of thiophene rings is 1. The summed E-state index contributed by atoms with van der Waals surface area (Å²) in [6.07, 6.45) is 1.83. The number of aromatic nitrogens is 2. The molecule has 0 aliphatic carbocycles. The van der Waals surface area contributed by atoms with Crippen molar-refractivity contribution in [2.24, 2.45) is 7.05 Å². The SMILES string of the molecule is CC(NCc1ccnn1C)c1ccsc1. The number of hydrogen-bond acceptors (Lipinski definition) is 3. The highest BCUT2D eigenvalue weighted by Gasteiger charge is 2.05. The molecular formula is C11H15N3S. The quantitative estimate of drug-likeness (QED) is 0.858. The standard InChI is InChI=1S/C11H15N3S/c1-9(10-4-6-15-8-10)12-7-11-3-5-13-14(11)2/h3-6,8-9,12H,7H2,1-2H3. The summed E-state index contributed by atoms with van der Waals surface area (Å²) in [7, 11) is 1.96. The zero-order chi connectivity index (χ0) is 10.7. The fraction of sp³-hybridized carbons (Fsp3) is 0.364. The van der Waals surface area contributed by atoms with Gasteiger partial charge in [-0.3, -0.25) is 4.68 Å². The van der Waals surface area contributed by atoms with Crippen LogP contribution in [0.3, 0.4) is 0 Å². The van der Waals surface area contributed by atoms with Gasteiger partial charge in [0.2, 0.25) is 0 Å². The molecule has 4 heteroatoms. The molecule has 0 saturated heterocycles. The van der Waals surface area contributed by atoms with Crippen LogP contribution >= 0.6 is 11.3 Å². The monoisotopic (exact) mass is 221 g/mol. The highest BCUT2D eigenvalue weighted by atomic mass is 32.1. The third-order valence-electron chi connectivity index (χ3n) is 2.56. The van der Waals surface area contributed by atoms with Crippen LogP contribution in [0.4, 0.5) is 0 Å². The first-order valence-corrected chi connectivity index (χ1v) is 5.94. The van der Waals surface area contributed by atoms with Gasteiger partial charge in [0.1, 0.15) is 0 Å². The summed E-state index contributed by atoms with van der Waals surface area (Å²) in [5.74, 6) is 0. The van der Waals surface area contributed by atoms with Crippen molar-refractivity contribution in [2.75, 3.05) is 0 Å². The Morgan fingerprint density at radius 1 is 1.53 bits per heavy atom. The molecule has 3 nitrogen and oxygen atoms in total. The molecule has 0 bridgehead atoms. The van der Waals surface area contributed by atoms with Crippen molar-refractivity contribution in [2.45, 2.75) is 19.5 Å². The molecule has 0 radical (unpaired) electrons. The maximum atomic E-state index is 4.14. The Morgan fingerprint density at radius 2 is 2.40 bits per heavy atom. The van der Waals surface area contributed by atoms with Crippen molar-refractivity contribution in [1.29, 1.82) is 0 Å². The average molecular weight is 221 g/mol. The van der Waals surface area contributed by atoms with Crippen molar-refractivity contribution >= 4 is 11.3 Å². The first kappa shape index (κ1) is 10.4. The smallest absolute Gasteiger partial charge is 0.0518 e. The summed E-state index contributed by atoms with van der Waals surface area (Å²) >= 11 is 1.74. The fourth-order valence-electron chi connectivity index (χ4n) is 1.47. The van der Waals surface area contributed by atoms with Crippen LogP contribution in [0, 0.1) is 0 Å². The lowest BCUT2D eigenvalue weighted by molar-refractivity contribution is 0.549. The van der Waals surface area contributed by atoms with Crippen molar-refractivity contribution in [3.8, 4) is 0 Å². The maximum Gasteiger partial charge on any atom is 0.0518 e. The molecule has 0 amide bonds. The molecule has 2 aromatic heterocycles. The van der Waals surface area contributed by atoms with Crippen LogP contribution in [0.25, 0.3) is 0 Å². The van der Waals surface area contributed by atoms with Crippen LogP contribution in [0.5, 0.6) is 0 Å². The first-order valence-electron chi connectivity index (χ1n) is 4.99. The molecular weight excluding hydrogens is 206 g/mol. The Balaban J connectivity index is 1.91. The summed E-state index contributed by atoms with van der Waals surface area (Å²) in [4.78, 5) is 0. The van der Waals surface area contributed by atoms with E-state index in [9.17, 15) is 0 Å². The van der Waals surface area contributed by atoms with E-state index in [1.807, 2.05) is 24.0 Å². The van der Waals surface area contributed by atoms with Crippen molar-refractivity contribution < 1.29 is 0 Å². The topological polar surface area (TPSA) is 29.9 Å². The Morgan fingerprint density at radius 3 is 3.00 bits per heavy atom. The lowest BCUT2D eigenvalue weighted by Gasteiger charge is -2.12. The zero-order valence-electron chi connectivity index (χ0n) is 8.97. The molecule has 0 saturated carbocycles. The molecule has 0 aliphatic rings. The van der Waals surface area contributed by atoms with Gasteiger partial charge >= 0.3 is 0 Å². The van der Waals surface area contributed by atoms with E-state index >= 15 is 0 Å². The minimum atomic E-state index is 0.395. The lowest BCUT2D eigenvalue weighted by atomic mass is 10.2. The summed E-state index contributed by atoms with van der Waals surface area (Å²) in [5.41, 5.74) is 2.55. The second-order valence-corrected chi connectivity index (χ2v) is 4.39. The predicted octanol–water partition coefficient (Wildman–Crippen LogP) is 2.33. The van der Waals surface area contributed by atoms with Crippen molar-refractivity contribution in [3.63, 3.8) is 0 Å². The predicted molar refractivity (Wildman–Crippen MR) is 62.8 cm³/mol. The van der Waals surface area contributed by atoms with Gasteiger partial charge in [-0.15, -0.1) is 0 Å². The molecule has 0 aliphatic heterocycles. The van der Waals surface area contributed by atoms with E-state index in [4.69, 9.17) is 0 Å². The fourth-order valence-corrected chi connectivity index (χ4v) is 2.23. The third-order valence-corrected chi connectivity index (χ3v) is 3.26. The van der Waals surface area contributed by atoms with Crippen molar-refractivity contribution in [1.82, 2.24) is 15.1 Å². The van der Waals surface area contributed by atoms with Crippen LogP contribution in [0.1, 0.15) is 24.2 Å². The molecule has 2 heterocycles. The Labute approximate surface area is 93.7 Å². The van der Waals surface area contributed by atoms with Crippen LogP contribution in [-0.2, 0) is 13.6 Å². The summed E-state index contributed by atoms with van der Waals surface area (Å²) in [6, 6.07) is 4.59. The zero-order valence-corrected chi connectivity index (χ0v) is 9.79. The van der Waals surface area contributed by atoms with Gasteiger partial charge < -0.3 is 5.32 Å². The van der Waals surface area contributed by atoms with Gasteiger partial charge in [-0.05, 0) is 35.4 Å². The molecule has 80 valence electrons. The van der Waals surface area contributed by atoms with Crippen LogP contribution in [0.15, 0.2) is 29.1 Å². The minimum absolute atomic E-state index is 0.395. The molecule has 0 aromatic carbocycles. The van der Waals surface area contributed by atoms with E-state index in [0.717, 1.165) is 6.54 Å². The van der Waals surface area contributed by atoms with E-state index in [1.165, 1.54) is 11.3 Å². The number of nitrogens with one attached hydrogen (secondary N) is 1. The van der Waals surface area contributed by atoms with Gasteiger partial charge in [0.15, 0.2) is 0 Å². The largest absolute Gasteiger partial charge is 0.305 e. The molecule has 0 fully saturated rings. The molecule has 0 spiro atoms. The van der Waals surface area contributed by atoms with E-state index in [-0.39, 0.29) is 0 Å². The molecule has 1 N–H and O–H groups in total. The van der Waals surface area contributed by atoms with Gasteiger partial charge in [-0.25, -0.2) is 0 Å². The van der Waals surface area contributed by atoms with E-state index in [0.29, 0.717) is 6.04 Å². The Hall–Kier alpha value is -1.13. The van der Waals surface area contributed by atoms with Crippen LogP contribution in [0.2, 0.25) is 0 Å². The molecule has 1 atom stereocenters. The Kier molecular flexibility index (Phi) is 3.18. The highest BCUT2D eigenvalue weighted by Crippen LogP contribution is 2.15. The molecule has 2 rings (SSSR count). The van der Waals surface area contributed by atoms with E-state index in [1.54, 1.807) is 11.3 Å². The van der Waals surface area contributed by atoms with E-state index in [2.05, 4.69) is 34.2 Å². The molecule has 2 aromatic rings. The lowest BCUT2D eigenvalue weighted by Crippen LogP contribution is -2.19. The van der Waals surface area contributed by atoms with Crippen LogP contribution < -0.4 is 5.32 Å². The van der Waals surface area contributed by atoms with Crippen LogP contribution in [-0.4, -0.2) is 9.78 Å². The van der Waals surface area contributed by atoms with Gasteiger partial charge in [-0.2, -0.15) is 16.4 Å². The van der Waals surface area contributed by atoms with Gasteiger partial charge in [0.05, 0.1) is 5.69 Å². The maximum absolute atomic E-state index is 4.14. The molecule has 1 unspecified atom stereocenters. The highest BCUT2D eigenvalue weighted by molar-refractivity contribution is 7.07.